The summed E-state index contributed by atoms with van der Waals surface area (Å²) in [5.74, 6) is -7.11. The molecular formula is C32H27N3O14S. The van der Waals surface area contributed by atoms with Crippen molar-refractivity contribution in [2.75, 3.05) is 12.4 Å². The van der Waals surface area contributed by atoms with Crippen molar-refractivity contribution in [3.05, 3.63) is 75.3 Å². The first kappa shape index (κ1) is 35.1. The fourth-order valence-electron chi connectivity index (χ4n) is 5.18. The number of rotatable bonds is 10. The van der Waals surface area contributed by atoms with Crippen LogP contribution >= 0.6 is 11.8 Å². The molecule has 2 aromatic carbocycles. The molecule has 0 spiro atoms. The number of nitrogens with zero attached hydrogens (tertiary/aromatic N) is 1. The Bertz CT molecular complexity index is 2050. The van der Waals surface area contributed by atoms with Gasteiger partial charge in [-0.25, -0.2) is 4.79 Å². The summed E-state index contributed by atoms with van der Waals surface area (Å²) in [5, 5.41) is 23.5. The van der Waals surface area contributed by atoms with E-state index in [1.54, 1.807) is 0 Å². The highest BCUT2D eigenvalue weighted by Gasteiger charge is 2.54. The normalized spacial score (nSPS) is 17.2. The molecule has 0 radical (unpaired) electrons. The number of esters is 3. The molecule has 2 aliphatic heterocycles. The predicted octanol–water partition coefficient (Wildman–Crippen LogP) is 1.12. The van der Waals surface area contributed by atoms with Crippen LogP contribution in [0.25, 0.3) is 11.0 Å². The van der Waals surface area contributed by atoms with Crippen LogP contribution in [0.4, 0.5) is 0 Å². The molecule has 260 valence electrons. The van der Waals surface area contributed by atoms with Crippen molar-refractivity contribution in [2.24, 2.45) is 0 Å². The van der Waals surface area contributed by atoms with Crippen LogP contribution in [0.2, 0.25) is 0 Å². The second-order valence-electron chi connectivity index (χ2n) is 10.9. The molecule has 17 nitrogen and oxygen atoms in total. The summed E-state index contributed by atoms with van der Waals surface area (Å²) in [6.45, 7) is 2.98. The number of benzene rings is 2. The zero-order valence-corrected chi connectivity index (χ0v) is 27.2. The quantitative estimate of drug-likeness (QED) is 0.131. The molecule has 3 heterocycles. The molecule has 18 heteroatoms. The van der Waals surface area contributed by atoms with Gasteiger partial charge in [0.1, 0.15) is 47.3 Å². The van der Waals surface area contributed by atoms with Gasteiger partial charge in [0, 0.05) is 32.1 Å². The van der Waals surface area contributed by atoms with Gasteiger partial charge < -0.3 is 39.5 Å². The van der Waals surface area contributed by atoms with E-state index in [2.05, 4.69) is 10.6 Å². The van der Waals surface area contributed by atoms with Gasteiger partial charge in [0.15, 0.2) is 11.3 Å². The van der Waals surface area contributed by atoms with Crippen molar-refractivity contribution in [3.8, 4) is 17.2 Å². The van der Waals surface area contributed by atoms with E-state index in [0.29, 0.717) is 0 Å². The third kappa shape index (κ3) is 7.00. The number of phenols is 1. The Labute approximate surface area is 285 Å². The number of hydrogen-bond acceptors (Lipinski definition) is 14. The van der Waals surface area contributed by atoms with Crippen molar-refractivity contribution in [3.63, 3.8) is 0 Å². The molecule has 50 heavy (non-hydrogen) atoms. The van der Waals surface area contributed by atoms with E-state index in [1.165, 1.54) is 36.4 Å². The van der Waals surface area contributed by atoms with Crippen LogP contribution in [-0.2, 0) is 33.5 Å². The van der Waals surface area contributed by atoms with Crippen molar-refractivity contribution >= 4 is 64.3 Å². The van der Waals surface area contributed by atoms with Gasteiger partial charge >= 0.3 is 23.9 Å². The number of nitrogens with one attached hydrogen (secondary N) is 2. The van der Waals surface area contributed by atoms with E-state index in [9.17, 15) is 48.6 Å². The molecular weight excluding hydrogens is 682 g/mol. The Balaban J connectivity index is 1.42. The molecule has 3 atom stereocenters. The molecule has 4 N–H and O–H groups in total. The van der Waals surface area contributed by atoms with Crippen molar-refractivity contribution in [1.29, 1.82) is 0 Å². The standard InChI is InChI=1S/C32H27N3O14S/c1-13(36)46-10-17-12-50-31-23(30(43)35(31)24(17)32(44)45)34-29(42)22(16-4-6-18(39)7-5-16)33-28(41)20-11-47-26-19(25(20)40)8-9-21(48-14(2)37)27(26)49-15(3)38/h4-9,11,22-23,31,39H,10,12H2,1-3H3,(H,33,41)(H,34,42)(H,44,45)/t22?,23-,31+/m1/s1. The van der Waals surface area contributed by atoms with E-state index < -0.39 is 70.0 Å². The number of phenolic OH excluding ortho intramolecular Hbond substituents is 1. The van der Waals surface area contributed by atoms with Crippen molar-refractivity contribution in [1.82, 2.24) is 15.5 Å². The first-order valence-corrected chi connectivity index (χ1v) is 15.6. The van der Waals surface area contributed by atoms with Crippen molar-refractivity contribution in [2.45, 2.75) is 38.2 Å². The third-order valence-electron chi connectivity index (χ3n) is 7.37. The average molecular weight is 710 g/mol. The summed E-state index contributed by atoms with van der Waals surface area (Å²) >= 11 is 1.12. The summed E-state index contributed by atoms with van der Waals surface area (Å²) in [6.07, 6.45) is 0.759. The minimum absolute atomic E-state index is 0.0765. The van der Waals surface area contributed by atoms with Crippen LogP contribution in [0.3, 0.4) is 0 Å². The lowest BCUT2D eigenvalue weighted by Gasteiger charge is -2.49. The highest BCUT2D eigenvalue weighted by molar-refractivity contribution is 8.00. The minimum Gasteiger partial charge on any atom is -0.508 e. The van der Waals surface area contributed by atoms with Gasteiger partial charge in [-0.2, -0.15) is 0 Å². The molecule has 0 aliphatic carbocycles. The van der Waals surface area contributed by atoms with Gasteiger partial charge in [-0.1, -0.05) is 12.1 Å². The lowest BCUT2D eigenvalue weighted by molar-refractivity contribution is -0.151. The Morgan fingerprint density at radius 2 is 1.66 bits per heavy atom. The molecule has 1 fully saturated rings. The Morgan fingerprint density at radius 3 is 2.28 bits per heavy atom. The summed E-state index contributed by atoms with van der Waals surface area (Å²) < 4.78 is 20.6. The van der Waals surface area contributed by atoms with Gasteiger partial charge in [-0.15, -0.1) is 11.8 Å². The van der Waals surface area contributed by atoms with E-state index in [-0.39, 0.29) is 57.4 Å². The van der Waals surface area contributed by atoms with Crippen LogP contribution in [-0.4, -0.2) is 80.5 Å². The van der Waals surface area contributed by atoms with Crippen LogP contribution in [0.5, 0.6) is 17.2 Å². The average Bonchev–Trinajstić information content (AvgIpc) is 3.05. The number of aliphatic carboxylic acids is 1. The summed E-state index contributed by atoms with van der Waals surface area (Å²) in [7, 11) is 0. The van der Waals surface area contributed by atoms with Crippen LogP contribution < -0.4 is 25.5 Å². The second kappa shape index (κ2) is 14.1. The zero-order valence-electron chi connectivity index (χ0n) is 26.3. The van der Waals surface area contributed by atoms with E-state index in [1.807, 2.05) is 0 Å². The fraction of sp³-hybridized carbons (Fsp3) is 0.250. The number of carboxylic acid groups (broad SMARTS) is 1. The number of amides is 3. The number of aromatic hydroxyl groups is 1. The predicted molar refractivity (Wildman–Crippen MR) is 170 cm³/mol. The Morgan fingerprint density at radius 1 is 0.980 bits per heavy atom. The summed E-state index contributed by atoms with van der Waals surface area (Å²) in [5.41, 5.74) is -1.83. The number of carbonyl (C=O) groups excluding carboxylic acids is 6. The molecule has 0 saturated carbocycles. The minimum atomic E-state index is -1.55. The first-order valence-electron chi connectivity index (χ1n) is 14.6. The van der Waals surface area contributed by atoms with Gasteiger partial charge in [0.2, 0.25) is 17.1 Å². The van der Waals surface area contributed by atoms with Gasteiger partial charge in [-0.05, 0) is 29.8 Å². The number of carbonyl (C=O) groups is 7. The van der Waals surface area contributed by atoms with Crippen LogP contribution in [0.1, 0.15) is 42.7 Å². The summed E-state index contributed by atoms with van der Waals surface area (Å²) in [6, 6.07) is 4.70. The maximum atomic E-state index is 13.7. The number of fused-ring (bicyclic) bond motifs is 2. The number of hydrogen-bond donors (Lipinski definition) is 4. The van der Waals surface area contributed by atoms with E-state index in [0.717, 1.165) is 43.7 Å². The number of thioether (sulfide) groups is 1. The van der Waals surface area contributed by atoms with E-state index >= 15 is 0 Å². The Kier molecular flexibility index (Phi) is 9.93. The first-order chi connectivity index (χ1) is 23.7. The topological polar surface area (TPSA) is 245 Å². The van der Waals surface area contributed by atoms with Crippen LogP contribution in [0.15, 0.2) is 63.1 Å². The Hall–Kier alpha value is -6.17. The number of carboxylic acids is 1. The second-order valence-corrected chi connectivity index (χ2v) is 12.0. The molecule has 0 bridgehead atoms. The number of β-lactam (4-membered cyclic amide) rings is 1. The van der Waals surface area contributed by atoms with E-state index in [4.69, 9.17) is 18.6 Å². The molecule has 2 aliphatic rings. The van der Waals surface area contributed by atoms with Crippen molar-refractivity contribution < 1.29 is 62.4 Å². The molecule has 1 aromatic heterocycles. The molecule has 5 rings (SSSR count). The molecule has 3 amide bonds. The highest BCUT2D eigenvalue weighted by atomic mass is 32.2. The lowest BCUT2D eigenvalue weighted by atomic mass is 10.0. The monoisotopic (exact) mass is 709 g/mol. The van der Waals surface area contributed by atoms with Gasteiger partial charge in [0.25, 0.3) is 11.8 Å². The van der Waals surface area contributed by atoms with Crippen LogP contribution in [0, 0.1) is 0 Å². The van der Waals surface area contributed by atoms with Gasteiger partial charge in [0.05, 0.1) is 5.39 Å². The zero-order chi connectivity index (χ0) is 36.4. The largest absolute Gasteiger partial charge is 0.508 e. The van der Waals surface area contributed by atoms with Gasteiger partial charge in [-0.3, -0.25) is 38.5 Å². The molecule has 1 saturated heterocycles. The summed E-state index contributed by atoms with van der Waals surface area (Å²) in [4.78, 5) is 101. The maximum absolute atomic E-state index is 13.7. The SMILES string of the molecule is CC(=O)OCC1=C(C(=O)O)N2C(=O)[C@@H](NC(=O)C(NC(=O)c3coc4c(OC(C)=O)c(OC(C)=O)ccc4c3=O)c3ccc(O)cc3)[C@@H]2SC1. The molecule has 1 unspecified atom stereocenters. The third-order valence-corrected chi connectivity index (χ3v) is 8.70. The molecule has 3 aromatic rings. The fourth-order valence-corrected chi connectivity index (χ4v) is 6.51. The maximum Gasteiger partial charge on any atom is 0.352 e. The lowest BCUT2D eigenvalue weighted by Crippen LogP contribution is -2.71. The number of ether oxygens (including phenoxy) is 3. The smallest absolute Gasteiger partial charge is 0.352 e. The highest BCUT2D eigenvalue weighted by Crippen LogP contribution is 2.41.